The van der Waals surface area contributed by atoms with Crippen molar-refractivity contribution < 1.29 is 14.9 Å². The number of hydrogen-bond donors (Lipinski definition) is 3. The standard InChI is InChI=1S/C10H15NO3/c1-10(13,6-7-12)14-9-4-2-8(11)3-5-9/h2-5,12-13H,6-7,11H2,1H3. The maximum absolute atomic E-state index is 9.62. The summed E-state index contributed by atoms with van der Waals surface area (Å²) in [5.74, 6) is -0.817. The first-order chi connectivity index (χ1) is 6.53. The monoisotopic (exact) mass is 197 g/mol. The van der Waals surface area contributed by atoms with Crippen LogP contribution in [0.2, 0.25) is 0 Å². The SMILES string of the molecule is CC(O)(CCO)Oc1ccc(N)cc1. The highest BCUT2D eigenvalue weighted by Gasteiger charge is 2.21. The van der Waals surface area contributed by atoms with Gasteiger partial charge in [-0.1, -0.05) is 0 Å². The minimum absolute atomic E-state index is 0.123. The molecule has 1 rings (SSSR count). The van der Waals surface area contributed by atoms with E-state index < -0.39 is 5.79 Å². The van der Waals surface area contributed by atoms with Crippen molar-refractivity contribution in [1.82, 2.24) is 0 Å². The van der Waals surface area contributed by atoms with E-state index >= 15 is 0 Å². The lowest BCUT2D eigenvalue weighted by Crippen LogP contribution is -2.32. The average Bonchev–Trinajstić information content (AvgIpc) is 2.08. The lowest BCUT2D eigenvalue weighted by molar-refractivity contribution is -0.132. The van der Waals surface area contributed by atoms with E-state index in [9.17, 15) is 5.11 Å². The second kappa shape index (κ2) is 4.30. The normalized spacial score (nSPS) is 14.8. The van der Waals surface area contributed by atoms with Crippen molar-refractivity contribution in [3.63, 3.8) is 0 Å². The zero-order valence-corrected chi connectivity index (χ0v) is 8.10. The van der Waals surface area contributed by atoms with Crippen LogP contribution in [0.15, 0.2) is 24.3 Å². The lowest BCUT2D eigenvalue weighted by Gasteiger charge is -2.23. The number of rotatable bonds is 4. The molecule has 4 heteroatoms. The largest absolute Gasteiger partial charge is 0.463 e. The van der Waals surface area contributed by atoms with Crippen LogP contribution in [0.25, 0.3) is 0 Å². The van der Waals surface area contributed by atoms with Gasteiger partial charge in [-0.2, -0.15) is 0 Å². The van der Waals surface area contributed by atoms with Crippen LogP contribution in [0.4, 0.5) is 5.69 Å². The van der Waals surface area contributed by atoms with Crippen LogP contribution in [0.5, 0.6) is 5.75 Å². The quantitative estimate of drug-likeness (QED) is 0.491. The molecule has 0 aromatic heterocycles. The van der Waals surface area contributed by atoms with Gasteiger partial charge < -0.3 is 20.7 Å². The molecule has 0 aliphatic heterocycles. The third-order valence-corrected chi connectivity index (χ3v) is 1.79. The molecule has 0 saturated heterocycles. The van der Waals surface area contributed by atoms with E-state index in [0.29, 0.717) is 11.4 Å². The van der Waals surface area contributed by atoms with Crippen molar-refractivity contribution in [1.29, 1.82) is 0 Å². The molecule has 0 aliphatic carbocycles. The summed E-state index contributed by atoms with van der Waals surface area (Å²) in [5, 5.41) is 18.3. The van der Waals surface area contributed by atoms with Crippen molar-refractivity contribution in [2.75, 3.05) is 12.3 Å². The van der Waals surface area contributed by atoms with Gasteiger partial charge in [0.2, 0.25) is 5.79 Å². The van der Waals surface area contributed by atoms with E-state index in [1.165, 1.54) is 6.92 Å². The number of nitrogens with two attached hydrogens (primary N) is 1. The Morgan fingerprint density at radius 1 is 1.36 bits per heavy atom. The van der Waals surface area contributed by atoms with Crippen molar-refractivity contribution >= 4 is 5.69 Å². The molecule has 0 radical (unpaired) electrons. The number of ether oxygens (including phenoxy) is 1. The Hall–Kier alpha value is -1.26. The molecule has 0 saturated carbocycles. The Morgan fingerprint density at radius 3 is 2.43 bits per heavy atom. The topological polar surface area (TPSA) is 75.7 Å². The second-order valence-electron chi connectivity index (χ2n) is 3.32. The van der Waals surface area contributed by atoms with Gasteiger partial charge in [0, 0.05) is 25.6 Å². The van der Waals surface area contributed by atoms with Gasteiger partial charge in [-0.3, -0.25) is 0 Å². The maximum atomic E-state index is 9.62. The van der Waals surface area contributed by atoms with Crippen LogP contribution in [-0.2, 0) is 0 Å². The predicted molar refractivity (Wildman–Crippen MR) is 53.8 cm³/mol. The highest BCUT2D eigenvalue weighted by molar-refractivity contribution is 5.41. The van der Waals surface area contributed by atoms with Crippen LogP contribution < -0.4 is 10.5 Å². The Morgan fingerprint density at radius 2 is 1.93 bits per heavy atom. The van der Waals surface area contributed by atoms with Gasteiger partial charge in [-0.25, -0.2) is 0 Å². The maximum Gasteiger partial charge on any atom is 0.207 e. The van der Waals surface area contributed by atoms with Crippen LogP contribution in [0, 0.1) is 0 Å². The zero-order chi connectivity index (χ0) is 10.6. The molecule has 0 amide bonds. The minimum Gasteiger partial charge on any atom is -0.463 e. The summed E-state index contributed by atoms with van der Waals surface area (Å²) in [6.45, 7) is 1.38. The highest BCUT2D eigenvalue weighted by atomic mass is 16.6. The fourth-order valence-electron chi connectivity index (χ4n) is 1.05. The summed E-state index contributed by atoms with van der Waals surface area (Å²) in [4.78, 5) is 0. The number of benzene rings is 1. The zero-order valence-electron chi connectivity index (χ0n) is 8.10. The third-order valence-electron chi connectivity index (χ3n) is 1.79. The lowest BCUT2D eigenvalue weighted by atomic mass is 10.2. The van der Waals surface area contributed by atoms with Gasteiger partial charge in [-0.15, -0.1) is 0 Å². The van der Waals surface area contributed by atoms with E-state index in [-0.39, 0.29) is 13.0 Å². The molecular weight excluding hydrogens is 182 g/mol. The molecule has 0 bridgehead atoms. The molecule has 0 fully saturated rings. The Kier molecular flexibility index (Phi) is 3.33. The molecule has 0 aliphatic rings. The molecule has 0 heterocycles. The van der Waals surface area contributed by atoms with Crippen molar-refractivity contribution in [2.45, 2.75) is 19.1 Å². The molecule has 0 spiro atoms. The minimum atomic E-state index is -1.34. The highest BCUT2D eigenvalue weighted by Crippen LogP contribution is 2.19. The van der Waals surface area contributed by atoms with Crippen LogP contribution in [0.1, 0.15) is 13.3 Å². The summed E-state index contributed by atoms with van der Waals surface area (Å²) in [5.41, 5.74) is 6.13. The molecule has 1 atom stereocenters. The Labute approximate surface area is 82.9 Å². The first kappa shape index (κ1) is 10.8. The van der Waals surface area contributed by atoms with E-state index in [1.54, 1.807) is 24.3 Å². The van der Waals surface area contributed by atoms with Gasteiger partial charge in [0.1, 0.15) is 5.75 Å². The number of anilines is 1. The van der Waals surface area contributed by atoms with Crippen molar-refractivity contribution in [3.05, 3.63) is 24.3 Å². The average molecular weight is 197 g/mol. The van der Waals surface area contributed by atoms with E-state index in [4.69, 9.17) is 15.6 Å². The van der Waals surface area contributed by atoms with Gasteiger partial charge in [0.05, 0.1) is 0 Å². The van der Waals surface area contributed by atoms with Crippen LogP contribution in [-0.4, -0.2) is 22.6 Å². The summed E-state index contributed by atoms with van der Waals surface area (Å²) >= 11 is 0. The number of hydrogen-bond acceptors (Lipinski definition) is 4. The van der Waals surface area contributed by atoms with E-state index in [1.807, 2.05) is 0 Å². The summed E-state index contributed by atoms with van der Waals surface area (Å²) in [7, 11) is 0. The number of aliphatic hydroxyl groups excluding tert-OH is 1. The molecule has 1 aromatic carbocycles. The van der Waals surface area contributed by atoms with Crippen molar-refractivity contribution in [3.8, 4) is 5.75 Å². The third kappa shape index (κ3) is 3.24. The van der Waals surface area contributed by atoms with Crippen LogP contribution in [0.3, 0.4) is 0 Å². The van der Waals surface area contributed by atoms with Crippen LogP contribution >= 0.6 is 0 Å². The predicted octanol–water partition coefficient (Wildman–Crippen LogP) is 0.739. The smallest absolute Gasteiger partial charge is 0.207 e. The van der Waals surface area contributed by atoms with Gasteiger partial charge in [0.25, 0.3) is 0 Å². The van der Waals surface area contributed by atoms with E-state index in [2.05, 4.69) is 0 Å². The fraction of sp³-hybridized carbons (Fsp3) is 0.400. The van der Waals surface area contributed by atoms with Gasteiger partial charge in [0.15, 0.2) is 0 Å². The molecular formula is C10H15NO3. The summed E-state index contributed by atoms with van der Waals surface area (Å²) in [6, 6.07) is 6.71. The first-order valence-corrected chi connectivity index (χ1v) is 4.41. The number of nitrogen functional groups attached to an aromatic ring is 1. The molecule has 1 unspecified atom stereocenters. The van der Waals surface area contributed by atoms with Gasteiger partial charge in [-0.05, 0) is 24.3 Å². The molecule has 14 heavy (non-hydrogen) atoms. The number of aliphatic hydroxyl groups is 2. The first-order valence-electron chi connectivity index (χ1n) is 4.41. The van der Waals surface area contributed by atoms with Gasteiger partial charge >= 0.3 is 0 Å². The molecule has 4 nitrogen and oxygen atoms in total. The summed E-state index contributed by atoms with van der Waals surface area (Å²) < 4.78 is 5.24. The molecule has 1 aromatic rings. The van der Waals surface area contributed by atoms with E-state index in [0.717, 1.165) is 0 Å². The second-order valence-corrected chi connectivity index (χ2v) is 3.32. The Bertz CT molecular complexity index is 282. The fourth-order valence-corrected chi connectivity index (χ4v) is 1.05. The Balaban J connectivity index is 2.64. The molecule has 78 valence electrons. The molecule has 4 N–H and O–H groups in total. The van der Waals surface area contributed by atoms with Crippen molar-refractivity contribution in [2.24, 2.45) is 0 Å². The summed E-state index contributed by atoms with van der Waals surface area (Å²) in [6.07, 6.45) is 0.164.